The molecular weight excluding hydrogens is 176 g/mol. The first-order valence-electron chi connectivity index (χ1n) is 3.63. The van der Waals surface area contributed by atoms with Crippen LogP contribution in [0.3, 0.4) is 0 Å². The van der Waals surface area contributed by atoms with E-state index in [4.69, 9.17) is 10.5 Å². The Balaban J connectivity index is 2.94. The van der Waals surface area contributed by atoms with Crippen molar-refractivity contribution in [1.82, 2.24) is 0 Å². The number of hydrogen-bond donors (Lipinski definition) is 1. The summed E-state index contributed by atoms with van der Waals surface area (Å²) in [5, 5.41) is 0. The van der Waals surface area contributed by atoms with Crippen LogP contribution in [0.1, 0.15) is 0 Å². The number of hydrogen-bond acceptors (Lipinski definition) is 2. The predicted molar refractivity (Wildman–Crippen MR) is 46.5 cm³/mol. The van der Waals surface area contributed by atoms with E-state index in [0.29, 0.717) is 0 Å². The van der Waals surface area contributed by atoms with Crippen molar-refractivity contribution in [3.05, 3.63) is 36.4 Å². The Morgan fingerprint density at radius 2 is 2.08 bits per heavy atom. The van der Waals surface area contributed by atoms with Crippen molar-refractivity contribution in [3.8, 4) is 5.75 Å². The first kappa shape index (κ1) is 9.51. The number of rotatable bonds is 3. The number of ether oxygens (including phenoxy) is 1. The Labute approximate surface area is 74.6 Å². The summed E-state index contributed by atoms with van der Waals surface area (Å²) in [6.07, 6.45) is 1.44. The van der Waals surface area contributed by atoms with Gasteiger partial charge in [-0.05, 0) is 0 Å². The van der Waals surface area contributed by atoms with Crippen LogP contribution >= 0.6 is 0 Å². The molecule has 0 aliphatic heterocycles. The molecule has 0 saturated carbocycles. The van der Waals surface area contributed by atoms with Crippen molar-refractivity contribution in [3.63, 3.8) is 0 Å². The van der Waals surface area contributed by atoms with Crippen molar-refractivity contribution in [2.24, 2.45) is 0 Å². The SMILES string of the molecule is C=CCOc1cc(F)c(N)cc1F. The van der Waals surface area contributed by atoms with E-state index >= 15 is 0 Å². The lowest BCUT2D eigenvalue weighted by Gasteiger charge is -2.05. The van der Waals surface area contributed by atoms with Gasteiger partial charge >= 0.3 is 0 Å². The zero-order chi connectivity index (χ0) is 9.84. The molecule has 4 heteroatoms. The number of nitrogens with two attached hydrogens (primary N) is 1. The van der Waals surface area contributed by atoms with Crippen molar-refractivity contribution in [1.29, 1.82) is 0 Å². The van der Waals surface area contributed by atoms with Crippen LogP contribution in [0, 0.1) is 11.6 Å². The van der Waals surface area contributed by atoms with E-state index in [1.54, 1.807) is 0 Å². The Hall–Kier alpha value is -1.58. The van der Waals surface area contributed by atoms with Gasteiger partial charge in [-0.25, -0.2) is 8.78 Å². The van der Waals surface area contributed by atoms with Crippen LogP contribution in [0.5, 0.6) is 5.75 Å². The second-order valence-corrected chi connectivity index (χ2v) is 2.40. The van der Waals surface area contributed by atoms with Gasteiger partial charge in [-0.2, -0.15) is 0 Å². The molecule has 0 radical (unpaired) electrons. The van der Waals surface area contributed by atoms with E-state index in [-0.39, 0.29) is 18.0 Å². The smallest absolute Gasteiger partial charge is 0.167 e. The topological polar surface area (TPSA) is 35.2 Å². The van der Waals surface area contributed by atoms with Gasteiger partial charge in [0.1, 0.15) is 12.4 Å². The summed E-state index contributed by atoms with van der Waals surface area (Å²) in [5.41, 5.74) is 4.89. The van der Waals surface area contributed by atoms with Gasteiger partial charge in [0.05, 0.1) is 5.69 Å². The Morgan fingerprint density at radius 1 is 1.38 bits per heavy atom. The summed E-state index contributed by atoms with van der Waals surface area (Å²) in [6, 6.07) is 1.79. The molecule has 0 fully saturated rings. The van der Waals surface area contributed by atoms with Gasteiger partial charge in [-0.3, -0.25) is 0 Å². The molecule has 13 heavy (non-hydrogen) atoms. The number of nitrogen functional groups attached to an aromatic ring is 1. The molecule has 0 saturated heterocycles. The van der Waals surface area contributed by atoms with Gasteiger partial charge < -0.3 is 10.5 Å². The third kappa shape index (κ3) is 2.18. The van der Waals surface area contributed by atoms with Crippen LogP contribution in [0.15, 0.2) is 24.8 Å². The Morgan fingerprint density at radius 3 is 2.69 bits per heavy atom. The van der Waals surface area contributed by atoms with Crippen LogP contribution in [-0.2, 0) is 0 Å². The third-order valence-corrected chi connectivity index (χ3v) is 1.41. The lowest BCUT2D eigenvalue weighted by atomic mass is 10.3. The van der Waals surface area contributed by atoms with Crippen molar-refractivity contribution >= 4 is 5.69 Å². The molecule has 0 aliphatic rings. The maximum Gasteiger partial charge on any atom is 0.167 e. The minimum absolute atomic E-state index is 0.125. The maximum atomic E-state index is 12.9. The lowest BCUT2D eigenvalue weighted by Crippen LogP contribution is -1.99. The maximum absolute atomic E-state index is 12.9. The highest BCUT2D eigenvalue weighted by Gasteiger charge is 2.07. The molecule has 2 N–H and O–H groups in total. The van der Waals surface area contributed by atoms with Crippen LogP contribution in [-0.4, -0.2) is 6.61 Å². The second-order valence-electron chi connectivity index (χ2n) is 2.40. The molecule has 0 spiro atoms. The predicted octanol–water partition coefficient (Wildman–Crippen LogP) is 2.11. The van der Waals surface area contributed by atoms with E-state index in [1.807, 2.05) is 0 Å². The standard InChI is InChI=1S/C9H9F2NO/c1-2-3-13-9-5-6(10)8(12)4-7(9)11/h2,4-5H,1,3,12H2. The first-order valence-corrected chi connectivity index (χ1v) is 3.63. The summed E-state index contributed by atoms with van der Waals surface area (Å²) in [4.78, 5) is 0. The number of benzene rings is 1. The highest BCUT2D eigenvalue weighted by Crippen LogP contribution is 2.22. The van der Waals surface area contributed by atoms with Crippen molar-refractivity contribution in [2.45, 2.75) is 0 Å². The molecule has 2 nitrogen and oxygen atoms in total. The van der Waals surface area contributed by atoms with E-state index in [9.17, 15) is 8.78 Å². The zero-order valence-electron chi connectivity index (χ0n) is 6.89. The first-order chi connectivity index (χ1) is 6.15. The normalized spacial score (nSPS) is 9.69. The molecule has 0 heterocycles. The molecule has 0 unspecified atom stereocenters. The molecule has 0 aromatic heterocycles. The highest BCUT2D eigenvalue weighted by molar-refractivity contribution is 5.44. The van der Waals surface area contributed by atoms with Gasteiger partial charge in [0.25, 0.3) is 0 Å². The molecule has 0 atom stereocenters. The van der Waals surface area contributed by atoms with Crippen LogP contribution in [0.25, 0.3) is 0 Å². The molecule has 1 aromatic rings. The van der Waals surface area contributed by atoms with Gasteiger partial charge in [0, 0.05) is 12.1 Å². The molecule has 70 valence electrons. The zero-order valence-corrected chi connectivity index (χ0v) is 6.89. The number of halogens is 2. The minimum atomic E-state index is -0.694. The van der Waals surface area contributed by atoms with Crippen LogP contribution in [0.4, 0.5) is 14.5 Å². The largest absolute Gasteiger partial charge is 0.486 e. The highest BCUT2D eigenvalue weighted by atomic mass is 19.1. The summed E-state index contributed by atoms with van der Waals surface area (Å²) >= 11 is 0. The molecule has 1 aromatic carbocycles. The third-order valence-electron chi connectivity index (χ3n) is 1.41. The Kier molecular flexibility index (Phi) is 2.84. The quantitative estimate of drug-likeness (QED) is 0.578. The summed E-state index contributed by atoms with van der Waals surface area (Å²) in [6.45, 7) is 3.50. The van der Waals surface area contributed by atoms with Crippen molar-refractivity contribution < 1.29 is 13.5 Å². The molecule has 0 bridgehead atoms. The summed E-state index contributed by atoms with van der Waals surface area (Å²) in [7, 11) is 0. The monoisotopic (exact) mass is 185 g/mol. The van der Waals surface area contributed by atoms with Gasteiger partial charge in [0.2, 0.25) is 0 Å². The fourth-order valence-corrected chi connectivity index (χ4v) is 0.803. The van der Waals surface area contributed by atoms with E-state index in [2.05, 4.69) is 6.58 Å². The van der Waals surface area contributed by atoms with E-state index < -0.39 is 11.6 Å². The van der Waals surface area contributed by atoms with Crippen molar-refractivity contribution in [2.75, 3.05) is 12.3 Å². The molecular formula is C9H9F2NO. The summed E-state index contributed by atoms with van der Waals surface area (Å²) < 4.78 is 30.6. The second kappa shape index (κ2) is 3.89. The fourth-order valence-electron chi connectivity index (χ4n) is 0.803. The average Bonchev–Trinajstić information content (AvgIpc) is 2.09. The molecule has 0 aliphatic carbocycles. The minimum Gasteiger partial charge on any atom is -0.486 e. The van der Waals surface area contributed by atoms with Crippen LogP contribution < -0.4 is 10.5 Å². The molecule has 1 rings (SSSR count). The van der Waals surface area contributed by atoms with Gasteiger partial charge in [0.15, 0.2) is 11.6 Å². The van der Waals surface area contributed by atoms with Gasteiger partial charge in [-0.1, -0.05) is 12.7 Å². The van der Waals surface area contributed by atoms with E-state index in [1.165, 1.54) is 6.08 Å². The molecule has 0 amide bonds. The fraction of sp³-hybridized carbons (Fsp3) is 0.111. The lowest BCUT2D eigenvalue weighted by molar-refractivity contribution is 0.339. The number of anilines is 1. The Bertz CT molecular complexity index is 326. The van der Waals surface area contributed by atoms with E-state index in [0.717, 1.165) is 12.1 Å². The summed E-state index contributed by atoms with van der Waals surface area (Å²) in [5.74, 6) is -1.53. The van der Waals surface area contributed by atoms with Gasteiger partial charge in [-0.15, -0.1) is 0 Å². The average molecular weight is 185 g/mol. The van der Waals surface area contributed by atoms with Crippen LogP contribution in [0.2, 0.25) is 0 Å².